The second kappa shape index (κ2) is 7.37. The Morgan fingerprint density at radius 2 is 2.24 bits per heavy atom. The highest BCUT2D eigenvalue weighted by Crippen LogP contribution is 2.19. The van der Waals surface area contributed by atoms with Gasteiger partial charge in [-0.15, -0.1) is 0 Å². The second-order valence-electron chi connectivity index (χ2n) is 3.22. The van der Waals surface area contributed by atoms with E-state index in [1.54, 1.807) is 13.2 Å². The highest BCUT2D eigenvalue weighted by molar-refractivity contribution is 9.10. The topological polar surface area (TPSA) is 47.6 Å². The third-order valence-electron chi connectivity index (χ3n) is 1.87. The van der Waals surface area contributed by atoms with E-state index >= 15 is 0 Å². The van der Waals surface area contributed by atoms with Gasteiger partial charge in [-0.2, -0.15) is 0 Å². The maximum absolute atomic E-state index is 13.3. The monoisotopic (exact) mass is 305 g/mol. The first kappa shape index (κ1) is 14.1. The van der Waals surface area contributed by atoms with Crippen LogP contribution in [0.5, 0.6) is 0 Å². The number of carbonyl (C=O) groups excluding carboxylic acids is 1. The Balaban J connectivity index is 2.40. The molecule has 0 spiro atoms. The number of amides is 1. The zero-order valence-electron chi connectivity index (χ0n) is 9.33. The Hall–Kier alpha value is -0.980. The minimum absolute atomic E-state index is 0.126. The number of halogens is 2. The highest BCUT2D eigenvalue weighted by atomic mass is 79.9. The van der Waals surface area contributed by atoms with Gasteiger partial charge in [0.1, 0.15) is 12.4 Å². The van der Waals surface area contributed by atoms with Gasteiger partial charge in [0.25, 0.3) is 0 Å². The molecule has 0 aliphatic heterocycles. The number of anilines is 1. The molecule has 1 N–H and O–H groups in total. The predicted molar refractivity (Wildman–Crippen MR) is 65.4 cm³/mol. The van der Waals surface area contributed by atoms with Gasteiger partial charge < -0.3 is 14.8 Å². The molecule has 0 saturated carbocycles. The molecule has 0 aliphatic carbocycles. The minimum Gasteiger partial charge on any atom is -0.382 e. The van der Waals surface area contributed by atoms with Gasteiger partial charge in [-0.3, -0.25) is 4.79 Å². The molecule has 94 valence electrons. The Morgan fingerprint density at radius 3 is 2.88 bits per heavy atom. The molecule has 0 atom stereocenters. The third-order valence-corrected chi connectivity index (χ3v) is 2.36. The zero-order chi connectivity index (χ0) is 12.7. The van der Waals surface area contributed by atoms with Gasteiger partial charge in [-0.25, -0.2) is 4.39 Å². The van der Waals surface area contributed by atoms with E-state index in [0.29, 0.717) is 17.7 Å². The fraction of sp³-hybridized carbons (Fsp3) is 0.364. The van der Waals surface area contributed by atoms with Crippen molar-refractivity contribution in [3.8, 4) is 0 Å². The molecule has 0 aliphatic rings. The van der Waals surface area contributed by atoms with E-state index in [1.807, 2.05) is 0 Å². The Labute approximate surface area is 107 Å². The first-order valence-corrected chi connectivity index (χ1v) is 5.74. The molecular formula is C11H13BrFNO3. The number of benzene rings is 1. The zero-order valence-corrected chi connectivity index (χ0v) is 10.9. The van der Waals surface area contributed by atoms with E-state index < -0.39 is 11.7 Å². The standard InChI is InChI=1S/C11H13BrFNO3/c1-16-4-5-17-7-11(15)14-10-3-2-8(12)6-9(10)13/h2-3,6H,4-5,7H2,1H3,(H,14,15). The fourth-order valence-corrected chi connectivity index (χ4v) is 1.42. The summed E-state index contributed by atoms with van der Waals surface area (Å²) in [6.45, 7) is 0.617. The molecule has 0 aromatic heterocycles. The second-order valence-corrected chi connectivity index (χ2v) is 4.13. The molecule has 17 heavy (non-hydrogen) atoms. The number of nitrogens with one attached hydrogen (secondary N) is 1. The minimum atomic E-state index is -0.496. The smallest absolute Gasteiger partial charge is 0.250 e. The fourth-order valence-electron chi connectivity index (χ4n) is 1.08. The van der Waals surface area contributed by atoms with Crippen LogP contribution < -0.4 is 5.32 Å². The normalized spacial score (nSPS) is 10.3. The number of methoxy groups -OCH3 is 1. The van der Waals surface area contributed by atoms with Crippen LogP contribution in [-0.2, 0) is 14.3 Å². The van der Waals surface area contributed by atoms with Gasteiger partial charge >= 0.3 is 0 Å². The van der Waals surface area contributed by atoms with Crippen LogP contribution in [0.25, 0.3) is 0 Å². The summed E-state index contributed by atoms with van der Waals surface area (Å²) in [6.07, 6.45) is 0. The van der Waals surface area contributed by atoms with Crippen molar-refractivity contribution in [3.05, 3.63) is 28.5 Å². The van der Waals surface area contributed by atoms with Crippen LogP contribution in [0.15, 0.2) is 22.7 Å². The summed E-state index contributed by atoms with van der Waals surface area (Å²) in [5.74, 6) is -0.896. The van der Waals surface area contributed by atoms with Gasteiger partial charge in [0.05, 0.1) is 18.9 Å². The van der Waals surface area contributed by atoms with E-state index in [0.717, 1.165) is 0 Å². The van der Waals surface area contributed by atoms with Crippen molar-refractivity contribution in [2.24, 2.45) is 0 Å². The molecule has 0 bridgehead atoms. The lowest BCUT2D eigenvalue weighted by Crippen LogP contribution is -2.20. The predicted octanol–water partition coefficient (Wildman–Crippen LogP) is 2.19. The lowest BCUT2D eigenvalue weighted by atomic mass is 10.3. The largest absolute Gasteiger partial charge is 0.382 e. The third kappa shape index (κ3) is 5.25. The van der Waals surface area contributed by atoms with Crippen molar-refractivity contribution < 1.29 is 18.7 Å². The molecule has 1 rings (SSSR count). The molecule has 0 fully saturated rings. The van der Waals surface area contributed by atoms with Gasteiger partial charge in [0.2, 0.25) is 5.91 Å². The van der Waals surface area contributed by atoms with Crippen LogP contribution in [0, 0.1) is 5.82 Å². The van der Waals surface area contributed by atoms with Gasteiger partial charge in [0.15, 0.2) is 0 Å². The summed E-state index contributed by atoms with van der Waals surface area (Å²) in [5, 5.41) is 2.41. The average molecular weight is 306 g/mol. The van der Waals surface area contributed by atoms with Crippen LogP contribution in [0.1, 0.15) is 0 Å². The van der Waals surface area contributed by atoms with Gasteiger partial charge in [-0.05, 0) is 18.2 Å². The van der Waals surface area contributed by atoms with Crippen molar-refractivity contribution in [2.45, 2.75) is 0 Å². The molecule has 0 radical (unpaired) electrons. The summed E-state index contributed by atoms with van der Waals surface area (Å²) < 4.78 is 23.7. The summed E-state index contributed by atoms with van der Waals surface area (Å²) in [4.78, 5) is 11.4. The first-order chi connectivity index (χ1) is 8.13. The van der Waals surface area contributed by atoms with Crippen molar-refractivity contribution in [2.75, 3.05) is 32.2 Å². The maximum atomic E-state index is 13.3. The SMILES string of the molecule is COCCOCC(=O)Nc1ccc(Br)cc1F. The maximum Gasteiger partial charge on any atom is 0.250 e. The molecule has 0 heterocycles. The summed E-state index contributed by atoms with van der Waals surface area (Å²) in [6, 6.07) is 4.40. The molecular weight excluding hydrogens is 293 g/mol. The van der Waals surface area contributed by atoms with Crippen molar-refractivity contribution >= 4 is 27.5 Å². The van der Waals surface area contributed by atoms with E-state index in [4.69, 9.17) is 9.47 Å². The van der Waals surface area contributed by atoms with Crippen LogP contribution in [0.3, 0.4) is 0 Å². The molecule has 1 aromatic carbocycles. The van der Waals surface area contributed by atoms with E-state index in [-0.39, 0.29) is 12.3 Å². The van der Waals surface area contributed by atoms with E-state index in [9.17, 15) is 9.18 Å². The Morgan fingerprint density at radius 1 is 1.47 bits per heavy atom. The first-order valence-electron chi connectivity index (χ1n) is 4.95. The van der Waals surface area contributed by atoms with Crippen LogP contribution in [0.2, 0.25) is 0 Å². The van der Waals surface area contributed by atoms with E-state index in [1.165, 1.54) is 12.1 Å². The number of ether oxygens (including phenoxy) is 2. The number of carbonyl (C=O) groups is 1. The highest BCUT2D eigenvalue weighted by Gasteiger charge is 2.07. The summed E-state index contributed by atoms with van der Waals surface area (Å²) >= 11 is 3.13. The molecule has 1 aromatic rings. The van der Waals surface area contributed by atoms with Crippen molar-refractivity contribution in [3.63, 3.8) is 0 Å². The number of hydrogen-bond acceptors (Lipinski definition) is 3. The molecule has 0 unspecified atom stereocenters. The Bertz CT molecular complexity index is 387. The van der Waals surface area contributed by atoms with Gasteiger partial charge in [0, 0.05) is 11.6 Å². The summed E-state index contributed by atoms with van der Waals surface area (Å²) in [7, 11) is 1.54. The Kier molecular flexibility index (Phi) is 6.10. The average Bonchev–Trinajstić information content (AvgIpc) is 2.28. The lowest BCUT2D eigenvalue weighted by Gasteiger charge is -2.07. The lowest BCUT2D eigenvalue weighted by molar-refractivity contribution is -0.121. The van der Waals surface area contributed by atoms with Crippen molar-refractivity contribution in [1.82, 2.24) is 0 Å². The molecule has 6 heteroatoms. The molecule has 0 saturated heterocycles. The number of rotatable bonds is 6. The van der Waals surface area contributed by atoms with Gasteiger partial charge in [-0.1, -0.05) is 15.9 Å². The number of hydrogen-bond donors (Lipinski definition) is 1. The summed E-state index contributed by atoms with van der Waals surface area (Å²) in [5.41, 5.74) is 0.133. The van der Waals surface area contributed by atoms with Crippen LogP contribution in [-0.4, -0.2) is 32.8 Å². The molecule has 1 amide bonds. The quantitative estimate of drug-likeness (QED) is 0.820. The van der Waals surface area contributed by atoms with Crippen molar-refractivity contribution in [1.29, 1.82) is 0 Å². The van der Waals surface area contributed by atoms with E-state index in [2.05, 4.69) is 21.2 Å². The van der Waals surface area contributed by atoms with Crippen LogP contribution in [0.4, 0.5) is 10.1 Å². The van der Waals surface area contributed by atoms with Crippen LogP contribution >= 0.6 is 15.9 Å². The molecule has 4 nitrogen and oxygen atoms in total.